The van der Waals surface area contributed by atoms with Crippen LogP contribution in [0, 0.1) is 61.8 Å². The summed E-state index contributed by atoms with van der Waals surface area (Å²) in [6, 6.07) is 0. The van der Waals surface area contributed by atoms with Gasteiger partial charge in [0.05, 0.1) is 13.1 Å². The molecule has 0 spiro atoms. The highest BCUT2D eigenvalue weighted by Crippen LogP contribution is 2.51. The molecule has 282 valence electrons. The van der Waals surface area contributed by atoms with Gasteiger partial charge in [0.15, 0.2) is 0 Å². The number of nitrogens with zero attached hydrogens (tertiary/aromatic N) is 6. The molecule has 12 heteroatoms. The second kappa shape index (κ2) is 14.8. The molecule has 1 heterocycles. The maximum atomic E-state index is 14.6. The molecule has 0 N–H and O–H groups in total. The summed E-state index contributed by atoms with van der Waals surface area (Å²) in [5.41, 5.74) is -3.58. The fourth-order valence-electron chi connectivity index (χ4n) is 12.0. The average Bonchev–Trinajstić information content (AvgIpc) is 2.97. The van der Waals surface area contributed by atoms with Gasteiger partial charge in [0.2, 0.25) is 12.2 Å². The van der Waals surface area contributed by atoms with Gasteiger partial charge >= 0.3 is 17.1 Å². The molecule has 0 radical (unpaired) electrons. The van der Waals surface area contributed by atoms with Gasteiger partial charge in [-0.3, -0.25) is 0 Å². The van der Waals surface area contributed by atoms with Crippen molar-refractivity contribution in [2.45, 2.75) is 140 Å². The Labute approximate surface area is 302 Å². The lowest BCUT2D eigenvalue weighted by Gasteiger charge is -2.47. The second-order valence-electron chi connectivity index (χ2n) is 20.2. The number of hydrogen-bond donors (Lipinski definition) is 0. The Morgan fingerprint density at radius 3 is 1.22 bits per heavy atom. The summed E-state index contributed by atoms with van der Waals surface area (Å²) in [6.45, 7) is 20.6. The summed E-state index contributed by atoms with van der Waals surface area (Å²) in [6.07, 6.45) is 12.0. The van der Waals surface area contributed by atoms with Gasteiger partial charge in [-0.1, -0.05) is 62.3 Å². The van der Waals surface area contributed by atoms with Gasteiger partial charge in [-0.05, 0) is 108 Å². The predicted molar refractivity (Wildman–Crippen MR) is 194 cm³/mol. The summed E-state index contributed by atoms with van der Waals surface area (Å²) in [7, 11) is 0. The van der Waals surface area contributed by atoms with Crippen molar-refractivity contribution in [2.75, 3.05) is 19.7 Å². The third kappa shape index (κ3) is 10.1. The van der Waals surface area contributed by atoms with Crippen molar-refractivity contribution in [2.24, 2.45) is 60.2 Å². The normalized spacial score (nSPS) is 32.5. The Balaban J connectivity index is 1.85. The van der Waals surface area contributed by atoms with Gasteiger partial charge in [0.1, 0.15) is 6.61 Å². The van der Waals surface area contributed by atoms with Gasteiger partial charge in [-0.15, -0.1) is 0 Å². The Bertz CT molecular complexity index is 1670. The Morgan fingerprint density at radius 2 is 0.902 bits per heavy atom. The molecule has 0 aromatic carbocycles. The number of isocyanates is 2. The van der Waals surface area contributed by atoms with E-state index in [4.69, 9.17) is 10.00 Å². The Morgan fingerprint density at radius 1 is 0.588 bits per heavy atom. The van der Waals surface area contributed by atoms with Crippen molar-refractivity contribution in [1.82, 2.24) is 13.7 Å². The summed E-state index contributed by atoms with van der Waals surface area (Å²) in [4.78, 5) is 73.6. The van der Waals surface area contributed by atoms with Crippen molar-refractivity contribution in [1.29, 1.82) is 5.26 Å². The van der Waals surface area contributed by atoms with Crippen molar-refractivity contribution in [3.63, 3.8) is 0 Å². The minimum atomic E-state index is -0.602. The van der Waals surface area contributed by atoms with Crippen LogP contribution in [0.4, 0.5) is 0 Å². The van der Waals surface area contributed by atoms with Gasteiger partial charge in [-0.25, -0.2) is 47.7 Å². The zero-order valence-corrected chi connectivity index (χ0v) is 32.5. The van der Waals surface area contributed by atoms with E-state index in [1.165, 1.54) is 13.7 Å². The Kier molecular flexibility index (Phi) is 11.7. The highest BCUT2D eigenvalue weighted by atomic mass is 16.5. The number of hydrogen-bond acceptors (Lipinski definition) is 9. The standard InChI is InChI=1S/C39H60N6O6/c1-34(2)10-28(16-41-26-46)13-37(7,19-34)22-43-31(48)44(23-38(8)14-29(17-42-27-47)11-35(3,4)20-38)33(50)45(32(43)49)24-39(9)15-30(18-51-25-40)12-36(5,6)21-39/h28-30H,10-24H2,1-9H3. The number of ether oxygens (including phenoxy) is 1. The van der Waals surface area contributed by atoms with Crippen molar-refractivity contribution in [3.05, 3.63) is 31.5 Å². The molecule has 1 aromatic rings. The third-order valence-corrected chi connectivity index (χ3v) is 11.8. The quantitative estimate of drug-likeness (QED) is 0.150. The van der Waals surface area contributed by atoms with Crippen LogP contribution in [0.3, 0.4) is 0 Å². The minimum absolute atomic E-state index is 0.0749. The molecule has 6 unspecified atom stereocenters. The van der Waals surface area contributed by atoms with E-state index >= 15 is 0 Å². The smallest absolute Gasteiger partial charge is 0.336 e. The van der Waals surface area contributed by atoms with Crippen LogP contribution in [0.5, 0.6) is 0 Å². The number of aliphatic imine (C=N–C) groups is 2. The zero-order chi connectivity index (χ0) is 38.0. The van der Waals surface area contributed by atoms with E-state index in [0.29, 0.717) is 32.4 Å². The molecule has 1 aromatic heterocycles. The highest BCUT2D eigenvalue weighted by molar-refractivity contribution is 5.33. The minimum Gasteiger partial charge on any atom is -0.427 e. The first-order valence-electron chi connectivity index (χ1n) is 18.6. The highest BCUT2D eigenvalue weighted by Gasteiger charge is 2.46. The number of nitriles is 1. The number of carbonyl (C=O) groups excluding carboxylic acids is 2. The van der Waals surface area contributed by atoms with Crippen molar-refractivity contribution in [3.8, 4) is 6.26 Å². The van der Waals surface area contributed by atoms with Gasteiger partial charge in [0.25, 0.3) is 6.26 Å². The second-order valence-corrected chi connectivity index (χ2v) is 20.2. The van der Waals surface area contributed by atoms with Gasteiger partial charge in [-0.2, -0.15) is 5.26 Å². The lowest BCUT2D eigenvalue weighted by Crippen LogP contribution is -2.59. The first-order valence-corrected chi connectivity index (χ1v) is 18.6. The van der Waals surface area contributed by atoms with E-state index in [-0.39, 0.29) is 60.2 Å². The largest absolute Gasteiger partial charge is 0.427 e. The first kappa shape index (κ1) is 40.2. The molecule has 3 aliphatic carbocycles. The molecule has 51 heavy (non-hydrogen) atoms. The molecule has 4 rings (SSSR count). The van der Waals surface area contributed by atoms with Crippen molar-refractivity contribution >= 4 is 12.2 Å². The van der Waals surface area contributed by atoms with E-state index in [1.54, 1.807) is 18.4 Å². The lowest BCUT2D eigenvalue weighted by molar-refractivity contribution is 0.0123. The lowest BCUT2D eigenvalue weighted by atomic mass is 9.60. The van der Waals surface area contributed by atoms with Gasteiger partial charge in [0, 0.05) is 19.6 Å². The van der Waals surface area contributed by atoms with Crippen LogP contribution < -0.4 is 17.1 Å². The molecule has 3 saturated carbocycles. The van der Waals surface area contributed by atoms with Crippen molar-refractivity contribution < 1.29 is 14.3 Å². The first-order chi connectivity index (χ1) is 23.6. The van der Waals surface area contributed by atoms with E-state index in [9.17, 15) is 24.0 Å². The molecule has 0 amide bonds. The van der Waals surface area contributed by atoms with Crippen LogP contribution in [0.1, 0.15) is 120 Å². The maximum Gasteiger partial charge on any atom is 0.336 e. The van der Waals surface area contributed by atoms with Crippen LogP contribution in [-0.2, 0) is 34.0 Å². The fraction of sp³-hybridized carbons (Fsp3) is 0.846. The fourth-order valence-corrected chi connectivity index (χ4v) is 12.0. The average molecular weight is 709 g/mol. The monoisotopic (exact) mass is 708 g/mol. The van der Waals surface area contributed by atoms with E-state index in [2.05, 4.69) is 72.3 Å². The van der Waals surface area contributed by atoms with Crippen LogP contribution in [0.2, 0.25) is 0 Å². The van der Waals surface area contributed by atoms with Crippen LogP contribution in [0.25, 0.3) is 0 Å². The van der Waals surface area contributed by atoms with Crippen LogP contribution >= 0.6 is 0 Å². The SMILES string of the molecule is CC1(C)CC(CN=C=O)CC(C)(Cn2c(=O)n(CC3(C)CC(CN=C=O)CC(C)(C)C3)c(=O)n(CC3(C)CC(COC#N)CC(C)(C)C3)c2=O)C1. The molecular formula is C39H60N6O6. The van der Waals surface area contributed by atoms with Gasteiger partial charge < -0.3 is 4.74 Å². The van der Waals surface area contributed by atoms with E-state index < -0.39 is 33.3 Å². The van der Waals surface area contributed by atoms with Crippen LogP contribution in [0.15, 0.2) is 24.4 Å². The maximum absolute atomic E-state index is 14.6. The zero-order valence-electron chi connectivity index (χ0n) is 32.5. The molecule has 12 nitrogen and oxygen atoms in total. The molecule has 6 atom stereocenters. The predicted octanol–water partition coefficient (Wildman–Crippen LogP) is 5.84. The molecular weight excluding hydrogens is 648 g/mol. The molecule has 0 bridgehead atoms. The molecule has 3 aliphatic rings. The summed E-state index contributed by atoms with van der Waals surface area (Å²) in [5, 5.41) is 9.11. The van der Waals surface area contributed by atoms with Crippen LogP contribution in [-0.4, -0.2) is 45.6 Å². The summed E-state index contributed by atoms with van der Waals surface area (Å²) < 4.78 is 9.05. The third-order valence-electron chi connectivity index (χ3n) is 11.8. The molecule has 3 fully saturated rings. The molecule has 0 saturated heterocycles. The molecule has 0 aliphatic heterocycles. The van der Waals surface area contributed by atoms with E-state index in [0.717, 1.165) is 38.5 Å². The number of aromatic nitrogens is 3. The van der Waals surface area contributed by atoms with E-state index in [1.807, 2.05) is 0 Å². The Hall–Kier alpha value is -3.54. The summed E-state index contributed by atoms with van der Waals surface area (Å²) in [5.74, 6) is 0.259. The summed E-state index contributed by atoms with van der Waals surface area (Å²) >= 11 is 0. The topological polar surface area (TPSA) is 158 Å². The number of rotatable bonds is 12.